The summed E-state index contributed by atoms with van der Waals surface area (Å²) in [6, 6.07) is 2.88. The molecule has 0 bridgehead atoms. The number of morpholine rings is 1. The van der Waals surface area contributed by atoms with E-state index in [1.807, 2.05) is 6.92 Å². The first-order valence-corrected chi connectivity index (χ1v) is 10.5. The Morgan fingerprint density at radius 1 is 1.42 bits per heavy atom. The molecular weight excluding hydrogens is 350 g/mol. The Bertz CT molecular complexity index is 654. The zero-order valence-corrected chi connectivity index (χ0v) is 15.2. The molecule has 1 aromatic rings. The maximum Gasteiger partial charge on any atom is 0.250 e. The zero-order chi connectivity index (χ0) is 17.2. The van der Waals surface area contributed by atoms with E-state index in [4.69, 9.17) is 4.74 Å². The molecule has 0 saturated carbocycles. The van der Waals surface area contributed by atoms with Crippen LogP contribution in [0.15, 0.2) is 21.7 Å². The zero-order valence-electron chi connectivity index (χ0n) is 13.6. The summed E-state index contributed by atoms with van der Waals surface area (Å²) in [7, 11) is -3.45. The first-order valence-electron chi connectivity index (χ1n) is 8.17. The molecule has 0 aliphatic carbocycles. The average Bonchev–Trinajstić information content (AvgIpc) is 3.10. The quantitative estimate of drug-likeness (QED) is 0.797. The van der Waals surface area contributed by atoms with Gasteiger partial charge in [0.25, 0.3) is 0 Å². The highest BCUT2D eigenvalue weighted by Crippen LogP contribution is 2.19. The van der Waals surface area contributed by atoms with Crippen LogP contribution in [0.25, 0.3) is 0 Å². The van der Waals surface area contributed by atoms with E-state index in [9.17, 15) is 13.2 Å². The maximum atomic E-state index is 12.6. The van der Waals surface area contributed by atoms with Crippen LogP contribution in [0.5, 0.6) is 0 Å². The predicted molar refractivity (Wildman–Crippen MR) is 91.4 cm³/mol. The van der Waals surface area contributed by atoms with E-state index < -0.39 is 10.0 Å². The maximum absolute atomic E-state index is 12.6. The number of nitrogens with zero attached hydrogens (tertiary/aromatic N) is 1. The Kier molecular flexibility index (Phi) is 5.56. The van der Waals surface area contributed by atoms with Gasteiger partial charge in [-0.1, -0.05) is 6.07 Å². The second-order valence-corrected chi connectivity index (χ2v) is 9.05. The molecule has 3 rings (SSSR count). The number of hydrogen-bond donors (Lipinski definition) is 2. The molecule has 0 unspecified atom stereocenters. The Balaban J connectivity index is 1.53. The van der Waals surface area contributed by atoms with Gasteiger partial charge in [-0.05, 0) is 31.2 Å². The summed E-state index contributed by atoms with van der Waals surface area (Å²) in [4.78, 5) is 14.4. The molecule has 2 saturated heterocycles. The molecule has 0 spiro atoms. The lowest BCUT2D eigenvalue weighted by atomic mass is 10.0. The standard InChI is InChI=1S/C15H23N3O4S2/c1-11-14(16-6-9-22-11)15(19)18-7-4-12(5-8-18)17-24(20,21)13-3-2-10-23-13/h2-3,10-12,14,16-17H,4-9H2,1H3/t11-,14+/m1/s1. The van der Waals surface area contributed by atoms with Gasteiger partial charge in [-0.3, -0.25) is 4.79 Å². The Morgan fingerprint density at radius 3 is 2.79 bits per heavy atom. The molecule has 2 aliphatic heterocycles. The summed E-state index contributed by atoms with van der Waals surface area (Å²) >= 11 is 1.21. The Hall–Kier alpha value is -1.00. The topological polar surface area (TPSA) is 87.7 Å². The average molecular weight is 374 g/mol. The van der Waals surface area contributed by atoms with E-state index in [0.717, 1.165) is 0 Å². The van der Waals surface area contributed by atoms with Crippen LogP contribution in [0.2, 0.25) is 0 Å². The van der Waals surface area contributed by atoms with Gasteiger partial charge in [-0.25, -0.2) is 13.1 Å². The van der Waals surface area contributed by atoms with Crippen LogP contribution in [0.3, 0.4) is 0 Å². The lowest BCUT2D eigenvalue weighted by molar-refractivity contribution is -0.140. The Labute approximate surface area is 146 Å². The van der Waals surface area contributed by atoms with E-state index in [-0.39, 0.29) is 24.1 Å². The number of nitrogens with one attached hydrogen (secondary N) is 2. The predicted octanol–water partition coefficient (Wildman–Crippen LogP) is 0.394. The lowest BCUT2D eigenvalue weighted by Gasteiger charge is -2.37. The molecule has 7 nitrogen and oxygen atoms in total. The second-order valence-electron chi connectivity index (χ2n) is 6.16. The number of likely N-dealkylation sites (tertiary alicyclic amines) is 1. The normalized spacial score (nSPS) is 26.5. The van der Waals surface area contributed by atoms with Crippen molar-refractivity contribution in [2.24, 2.45) is 0 Å². The third-order valence-electron chi connectivity index (χ3n) is 4.47. The van der Waals surface area contributed by atoms with Crippen LogP contribution < -0.4 is 10.0 Å². The van der Waals surface area contributed by atoms with Gasteiger partial charge < -0.3 is 15.0 Å². The van der Waals surface area contributed by atoms with Crippen molar-refractivity contribution in [2.45, 2.75) is 42.2 Å². The summed E-state index contributed by atoms with van der Waals surface area (Å²) in [5.41, 5.74) is 0. The van der Waals surface area contributed by atoms with Crippen molar-refractivity contribution in [3.63, 3.8) is 0 Å². The fourth-order valence-corrected chi connectivity index (χ4v) is 5.43. The number of rotatable bonds is 4. The molecule has 1 aromatic heterocycles. The van der Waals surface area contributed by atoms with Crippen LogP contribution in [0.1, 0.15) is 19.8 Å². The van der Waals surface area contributed by atoms with Gasteiger partial charge in [0.15, 0.2) is 0 Å². The minimum absolute atomic E-state index is 0.0433. The molecule has 2 atom stereocenters. The van der Waals surface area contributed by atoms with Crippen molar-refractivity contribution in [1.29, 1.82) is 0 Å². The smallest absolute Gasteiger partial charge is 0.250 e. The highest BCUT2D eigenvalue weighted by Gasteiger charge is 2.34. The van der Waals surface area contributed by atoms with E-state index in [1.165, 1.54) is 11.3 Å². The number of hydrogen-bond acceptors (Lipinski definition) is 6. The van der Waals surface area contributed by atoms with Crippen LogP contribution in [-0.2, 0) is 19.6 Å². The van der Waals surface area contributed by atoms with Crippen molar-refractivity contribution in [3.8, 4) is 0 Å². The molecule has 0 radical (unpaired) electrons. The van der Waals surface area contributed by atoms with Crippen molar-refractivity contribution < 1.29 is 17.9 Å². The largest absolute Gasteiger partial charge is 0.375 e. The number of ether oxygens (including phenoxy) is 1. The lowest BCUT2D eigenvalue weighted by Crippen LogP contribution is -2.58. The highest BCUT2D eigenvalue weighted by molar-refractivity contribution is 7.91. The molecule has 9 heteroatoms. The third-order valence-corrected chi connectivity index (χ3v) is 7.39. The summed E-state index contributed by atoms with van der Waals surface area (Å²) in [5, 5.41) is 4.95. The fourth-order valence-electron chi connectivity index (χ4n) is 3.12. The number of piperidine rings is 1. The number of carbonyl (C=O) groups is 1. The number of thiophene rings is 1. The van der Waals surface area contributed by atoms with Gasteiger partial charge >= 0.3 is 0 Å². The van der Waals surface area contributed by atoms with E-state index in [2.05, 4.69) is 10.0 Å². The molecular formula is C15H23N3O4S2. The molecule has 0 aromatic carbocycles. The number of amides is 1. The minimum Gasteiger partial charge on any atom is -0.375 e. The molecule has 2 aliphatic rings. The molecule has 2 N–H and O–H groups in total. The highest BCUT2D eigenvalue weighted by atomic mass is 32.2. The number of sulfonamides is 1. The van der Waals surface area contributed by atoms with Gasteiger partial charge in [0.05, 0.1) is 12.7 Å². The van der Waals surface area contributed by atoms with Crippen LogP contribution >= 0.6 is 11.3 Å². The Morgan fingerprint density at radius 2 is 2.17 bits per heavy atom. The summed E-state index contributed by atoms with van der Waals surface area (Å²) in [6.45, 7) is 4.31. The minimum atomic E-state index is -3.45. The van der Waals surface area contributed by atoms with Crippen LogP contribution in [-0.4, -0.2) is 63.7 Å². The van der Waals surface area contributed by atoms with E-state index >= 15 is 0 Å². The van der Waals surface area contributed by atoms with Gasteiger partial charge in [-0.2, -0.15) is 0 Å². The second kappa shape index (κ2) is 7.49. The molecule has 3 heterocycles. The van der Waals surface area contributed by atoms with E-state index in [0.29, 0.717) is 43.3 Å². The molecule has 1 amide bonds. The van der Waals surface area contributed by atoms with Gasteiger partial charge in [0, 0.05) is 25.7 Å². The van der Waals surface area contributed by atoms with Crippen molar-refractivity contribution in [3.05, 3.63) is 17.5 Å². The van der Waals surface area contributed by atoms with Crippen molar-refractivity contribution in [1.82, 2.24) is 14.9 Å². The fraction of sp³-hybridized carbons (Fsp3) is 0.667. The van der Waals surface area contributed by atoms with Crippen molar-refractivity contribution in [2.75, 3.05) is 26.2 Å². The third kappa shape index (κ3) is 3.97. The van der Waals surface area contributed by atoms with Gasteiger partial charge in [-0.15, -0.1) is 11.3 Å². The summed E-state index contributed by atoms with van der Waals surface area (Å²) in [6.07, 6.45) is 1.11. The first-order chi connectivity index (χ1) is 11.5. The SMILES string of the molecule is C[C@H]1OCCN[C@@H]1C(=O)N1CCC(NS(=O)(=O)c2cccs2)CC1. The van der Waals surface area contributed by atoms with Crippen LogP contribution in [0, 0.1) is 0 Å². The molecule has 2 fully saturated rings. The molecule has 134 valence electrons. The summed E-state index contributed by atoms with van der Waals surface area (Å²) in [5.74, 6) is 0.0433. The van der Waals surface area contributed by atoms with Gasteiger partial charge in [0.1, 0.15) is 10.3 Å². The number of carbonyl (C=O) groups excluding carboxylic acids is 1. The van der Waals surface area contributed by atoms with Crippen LogP contribution in [0.4, 0.5) is 0 Å². The van der Waals surface area contributed by atoms with Crippen molar-refractivity contribution >= 4 is 27.3 Å². The monoisotopic (exact) mass is 373 g/mol. The van der Waals surface area contributed by atoms with E-state index in [1.54, 1.807) is 22.4 Å². The van der Waals surface area contributed by atoms with Gasteiger partial charge in [0.2, 0.25) is 15.9 Å². The molecule has 24 heavy (non-hydrogen) atoms. The first kappa shape index (κ1) is 17.8. The summed E-state index contributed by atoms with van der Waals surface area (Å²) < 4.78 is 33.1.